The number of anilines is 2. The molecule has 1 aromatic carbocycles. The normalized spacial score (nSPS) is 24.5. The van der Waals surface area contributed by atoms with Gasteiger partial charge in [0.1, 0.15) is 5.60 Å². The third kappa shape index (κ3) is 3.62. The van der Waals surface area contributed by atoms with Crippen LogP contribution in [0.3, 0.4) is 0 Å². The first-order valence-electron chi connectivity index (χ1n) is 9.62. The van der Waals surface area contributed by atoms with E-state index in [0.717, 1.165) is 23.5 Å². The summed E-state index contributed by atoms with van der Waals surface area (Å²) in [6.45, 7) is 15.0. The Kier molecular flexibility index (Phi) is 4.65. The van der Waals surface area contributed by atoms with Crippen molar-refractivity contribution in [3.8, 4) is 0 Å². The highest BCUT2D eigenvalue weighted by molar-refractivity contribution is 6.06. The zero-order valence-corrected chi connectivity index (χ0v) is 17.4. The molecule has 6 heteroatoms. The maximum atomic E-state index is 12.5. The highest BCUT2D eigenvalue weighted by Gasteiger charge is 2.39. The van der Waals surface area contributed by atoms with Crippen molar-refractivity contribution in [2.24, 2.45) is 0 Å². The summed E-state index contributed by atoms with van der Waals surface area (Å²) in [5, 5.41) is 3.00. The van der Waals surface area contributed by atoms with Crippen molar-refractivity contribution in [2.45, 2.75) is 71.6 Å². The van der Waals surface area contributed by atoms with Crippen LogP contribution in [0.15, 0.2) is 18.2 Å². The lowest BCUT2D eigenvalue weighted by Gasteiger charge is -2.45. The van der Waals surface area contributed by atoms with E-state index >= 15 is 0 Å². The number of piperazine rings is 1. The Morgan fingerprint density at radius 1 is 1.19 bits per heavy atom. The van der Waals surface area contributed by atoms with Gasteiger partial charge in [0, 0.05) is 36.5 Å². The van der Waals surface area contributed by atoms with E-state index in [1.807, 2.05) is 58.6 Å². The number of nitrogens with zero attached hydrogens (tertiary/aromatic N) is 2. The molecule has 27 heavy (non-hydrogen) atoms. The number of nitrogens with one attached hydrogen (secondary N) is 1. The molecule has 2 heterocycles. The second-order valence-corrected chi connectivity index (χ2v) is 9.29. The minimum atomic E-state index is -0.498. The smallest absolute Gasteiger partial charge is 0.410 e. The minimum absolute atomic E-state index is 0.0332. The number of benzene rings is 1. The summed E-state index contributed by atoms with van der Waals surface area (Å²) in [6.07, 6.45) is -0.260. The summed E-state index contributed by atoms with van der Waals surface area (Å²) in [5.74, 6) is 0.0332. The summed E-state index contributed by atoms with van der Waals surface area (Å²) < 4.78 is 5.55. The molecule has 2 aliphatic heterocycles. The maximum Gasteiger partial charge on any atom is 0.410 e. The van der Waals surface area contributed by atoms with Gasteiger partial charge < -0.3 is 19.9 Å². The summed E-state index contributed by atoms with van der Waals surface area (Å²) in [4.78, 5) is 28.8. The fraction of sp³-hybridized carbons (Fsp3) is 0.619. The fourth-order valence-corrected chi connectivity index (χ4v) is 3.82. The number of carbonyl (C=O) groups is 2. The van der Waals surface area contributed by atoms with Crippen molar-refractivity contribution in [3.63, 3.8) is 0 Å². The first-order chi connectivity index (χ1) is 12.4. The zero-order chi connectivity index (χ0) is 20.1. The monoisotopic (exact) mass is 373 g/mol. The van der Waals surface area contributed by atoms with Gasteiger partial charge in [-0.05, 0) is 66.2 Å². The Morgan fingerprint density at radius 2 is 1.85 bits per heavy atom. The highest BCUT2D eigenvalue weighted by Crippen LogP contribution is 2.40. The predicted molar refractivity (Wildman–Crippen MR) is 107 cm³/mol. The van der Waals surface area contributed by atoms with E-state index in [9.17, 15) is 9.59 Å². The molecule has 0 aliphatic carbocycles. The van der Waals surface area contributed by atoms with Gasteiger partial charge >= 0.3 is 6.09 Å². The number of rotatable bonds is 1. The second kappa shape index (κ2) is 6.43. The topological polar surface area (TPSA) is 61.9 Å². The van der Waals surface area contributed by atoms with Crippen molar-refractivity contribution in [1.82, 2.24) is 4.90 Å². The molecule has 148 valence electrons. The minimum Gasteiger partial charge on any atom is -0.444 e. The van der Waals surface area contributed by atoms with Gasteiger partial charge in [0.2, 0.25) is 5.91 Å². The van der Waals surface area contributed by atoms with Crippen LogP contribution in [0.1, 0.15) is 54.0 Å². The van der Waals surface area contributed by atoms with Crippen LogP contribution in [0.25, 0.3) is 0 Å². The van der Waals surface area contributed by atoms with E-state index in [4.69, 9.17) is 4.74 Å². The molecular formula is C21H31N3O3. The van der Waals surface area contributed by atoms with Gasteiger partial charge in [0.25, 0.3) is 0 Å². The van der Waals surface area contributed by atoms with Gasteiger partial charge in [0.15, 0.2) is 0 Å². The lowest BCUT2D eigenvalue weighted by atomic mass is 9.86. The SMILES string of the molecule is C[C@@H]1CN(c2ccc3c(c2)NC(=O)C3(C)C)[C@H](C)CN1C(=O)OC(C)(C)C. The van der Waals surface area contributed by atoms with E-state index in [-0.39, 0.29) is 24.1 Å². The fourth-order valence-electron chi connectivity index (χ4n) is 3.82. The molecule has 1 saturated heterocycles. The second-order valence-electron chi connectivity index (χ2n) is 9.29. The largest absolute Gasteiger partial charge is 0.444 e. The number of ether oxygens (including phenoxy) is 1. The van der Waals surface area contributed by atoms with Crippen LogP contribution in [0.5, 0.6) is 0 Å². The van der Waals surface area contributed by atoms with Crippen LogP contribution in [0, 0.1) is 0 Å². The molecule has 2 aliphatic rings. The lowest BCUT2D eigenvalue weighted by Crippen LogP contribution is -2.59. The molecule has 1 N–H and O–H groups in total. The maximum absolute atomic E-state index is 12.5. The molecule has 0 radical (unpaired) electrons. The van der Waals surface area contributed by atoms with E-state index in [1.54, 1.807) is 0 Å². The van der Waals surface area contributed by atoms with Crippen LogP contribution in [-0.2, 0) is 14.9 Å². The Bertz CT molecular complexity index is 766. The van der Waals surface area contributed by atoms with Crippen LogP contribution in [0.4, 0.5) is 16.2 Å². The zero-order valence-electron chi connectivity index (χ0n) is 17.4. The van der Waals surface area contributed by atoms with Crippen LogP contribution < -0.4 is 10.2 Å². The average molecular weight is 373 g/mol. The molecule has 0 spiro atoms. The van der Waals surface area contributed by atoms with Gasteiger partial charge in [-0.1, -0.05) is 6.07 Å². The Hall–Kier alpha value is -2.24. The molecule has 0 bridgehead atoms. The summed E-state index contributed by atoms with van der Waals surface area (Å²) in [7, 11) is 0. The van der Waals surface area contributed by atoms with Crippen LogP contribution in [0.2, 0.25) is 0 Å². The molecule has 3 rings (SSSR count). The Labute approximate surface area is 161 Å². The molecule has 1 aromatic rings. The molecule has 2 atom stereocenters. The number of fused-ring (bicyclic) bond motifs is 1. The number of hydrogen-bond acceptors (Lipinski definition) is 4. The van der Waals surface area contributed by atoms with Crippen molar-refractivity contribution in [1.29, 1.82) is 0 Å². The molecule has 0 aromatic heterocycles. The van der Waals surface area contributed by atoms with Crippen molar-refractivity contribution < 1.29 is 14.3 Å². The number of carbonyl (C=O) groups excluding carboxylic acids is 2. The van der Waals surface area contributed by atoms with Gasteiger partial charge in [0.05, 0.1) is 5.41 Å². The molecular weight excluding hydrogens is 342 g/mol. The predicted octanol–water partition coefficient (Wildman–Crippen LogP) is 3.75. The van der Waals surface area contributed by atoms with E-state index < -0.39 is 11.0 Å². The number of amides is 2. The third-order valence-corrected chi connectivity index (χ3v) is 5.44. The van der Waals surface area contributed by atoms with E-state index in [0.29, 0.717) is 6.54 Å². The highest BCUT2D eigenvalue weighted by atomic mass is 16.6. The van der Waals surface area contributed by atoms with E-state index in [2.05, 4.69) is 23.2 Å². The van der Waals surface area contributed by atoms with Crippen molar-refractivity contribution in [2.75, 3.05) is 23.3 Å². The van der Waals surface area contributed by atoms with E-state index in [1.165, 1.54) is 0 Å². The summed E-state index contributed by atoms with van der Waals surface area (Å²) in [5.41, 5.74) is 1.99. The standard InChI is InChI=1S/C21H31N3O3/c1-13-12-24(19(26)27-20(3,4)5)14(2)11-23(13)15-8-9-16-17(10-15)22-18(25)21(16,6)7/h8-10,13-14H,11-12H2,1-7H3,(H,22,25)/t13-,14-/m1/s1. The molecule has 2 amide bonds. The third-order valence-electron chi connectivity index (χ3n) is 5.44. The van der Waals surface area contributed by atoms with Crippen LogP contribution in [-0.4, -0.2) is 47.7 Å². The van der Waals surface area contributed by atoms with Crippen molar-refractivity contribution >= 4 is 23.4 Å². The van der Waals surface area contributed by atoms with Crippen molar-refractivity contribution in [3.05, 3.63) is 23.8 Å². The first-order valence-corrected chi connectivity index (χ1v) is 9.62. The molecule has 6 nitrogen and oxygen atoms in total. The summed E-state index contributed by atoms with van der Waals surface area (Å²) >= 11 is 0. The van der Waals surface area contributed by atoms with Crippen LogP contribution >= 0.6 is 0 Å². The average Bonchev–Trinajstić information content (AvgIpc) is 2.76. The Balaban J connectivity index is 1.78. The summed E-state index contributed by atoms with van der Waals surface area (Å²) in [6, 6.07) is 6.36. The Morgan fingerprint density at radius 3 is 2.48 bits per heavy atom. The first kappa shape index (κ1) is 19.5. The lowest BCUT2D eigenvalue weighted by molar-refractivity contribution is -0.119. The van der Waals surface area contributed by atoms with Gasteiger partial charge in [-0.25, -0.2) is 4.79 Å². The van der Waals surface area contributed by atoms with Gasteiger partial charge in [-0.3, -0.25) is 4.79 Å². The quantitative estimate of drug-likeness (QED) is 0.814. The van der Waals surface area contributed by atoms with Gasteiger partial charge in [-0.15, -0.1) is 0 Å². The molecule has 1 fully saturated rings. The molecule has 0 unspecified atom stereocenters. The van der Waals surface area contributed by atoms with Gasteiger partial charge in [-0.2, -0.15) is 0 Å². The molecule has 0 saturated carbocycles. The number of hydrogen-bond donors (Lipinski definition) is 1.